The molecule has 152 valence electrons. The van der Waals surface area contributed by atoms with Crippen LogP contribution in [0.5, 0.6) is 0 Å². The zero-order valence-corrected chi connectivity index (χ0v) is 18.8. The Balaban J connectivity index is 1.48. The molecule has 4 rings (SSSR count). The van der Waals surface area contributed by atoms with Crippen molar-refractivity contribution in [2.45, 2.75) is 13.5 Å². The Bertz CT molecular complexity index is 1220. The lowest BCUT2D eigenvalue weighted by Gasteiger charge is -2.02. The van der Waals surface area contributed by atoms with Crippen molar-refractivity contribution >= 4 is 50.9 Å². The molecule has 1 N–H and O–H groups in total. The fourth-order valence-electron chi connectivity index (χ4n) is 2.81. The first-order valence-electron chi connectivity index (χ1n) is 8.91. The van der Waals surface area contributed by atoms with Gasteiger partial charge in [-0.25, -0.2) is 0 Å². The Hall–Kier alpha value is -2.61. The number of carbonyl (C=O) groups is 1. The Morgan fingerprint density at radius 2 is 1.93 bits per heavy atom. The third-order valence-corrected chi connectivity index (χ3v) is 5.48. The first-order chi connectivity index (χ1) is 14.4. The molecule has 0 aliphatic rings. The van der Waals surface area contributed by atoms with Crippen LogP contribution in [-0.2, 0) is 6.54 Å². The van der Waals surface area contributed by atoms with Gasteiger partial charge < -0.3 is 9.84 Å². The minimum atomic E-state index is -0.448. The zero-order valence-electron chi connectivity index (χ0n) is 15.7. The number of anilines is 1. The van der Waals surface area contributed by atoms with E-state index in [9.17, 15) is 4.79 Å². The first-order valence-corrected chi connectivity index (χ1v) is 10.5. The number of hydrogen-bond acceptors (Lipinski definition) is 4. The lowest BCUT2D eigenvalue weighted by atomic mass is 10.1. The van der Waals surface area contributed by atoms with Crippen molar-refractivity contribution in [2.75, 3.05) is 5.32 Å². The number of aromatic nitrogens is 3. The molecule has 4 aromatic rings. The molecule has 0 radical (unpaired) electrons. The third-order valence-electron chi connectivity index (χ3n) is 4.35. The largest absolute Gasteiger partial charge is 0.355 e. The van der Waals surface area contributed by atoms with Gasteiger partial charge in [0.1, 0.15) is 0 Å². The molecule has 0 bridgehead atoms. The minimum absolute atomic E-state index is 0.107. The van der Waals surface area contributed by atoms with Crippen molar-refractivity contribution in [3.05, 3.63) is 86.1 Å². The highest BCUT2D eigenvalue weighted by atomic mass is 79.9. The van der Waals surface area contributed by atoms with Gasteiger partial charge in [0.25, 0.3) is 5.91 Å². The molecule has 2 aromatic heterocycles. The summed E-state index contributed by atoms with van der Waals surface area (Å²) in [6.45, 7) is 2.62. The number of nitrogens with zero attached hydrogens (tertiary/aromatic N) is 3. The second-order valence-electron chi connectivity index (χ2n) is 6.66. The number of carbonyl (C=O) groups excluding carboxylic acids is 1. The van der Waals surface area contributed by atoms with Gasteiger partial charge in [0.15, 0.2) is 17.3 Å². The summed E-state index contributed by atoms with van der Waals surface area (Å²) in [7, 11) is 0. The molecule has 0 fully saturated rings. The second-order valence-corrected chi connectivity index (χ2v) is 8.36. The van der Waals surface area contributed by atoms with Crippen molar-refractivity contribution in [1.82, 2.24) is 14.9 Å². The van der Waals surface area contributed by atoms with Crippen LogP contribution < -0.4 is 5.32 Å². The minimum Gasteiger partial charge on any atom is -0.355 e. The molecule has 2 aromatic carbocycles. The third kappa shape index (κ3) is 4.59. The summed E-state index contributed by atoms with van der Waals surface area (Å²) in [4.78, 5) is 12.6. The van der Waals surface area contributed by atoms with Gasteiger partial charge in [-0.2, -0.15) is 5.10 Å². The number of halogens is 3. The van der Waals surface area contributed by atoms with E-state index in [1.54, 1.807) is 29.1 Å². The Morgan fingerprint density at radius 1 is 1.17 bits per heavy atom. The number of hydrogen-bond donors (Lipinski definition) is 1. The highest BCUT2D eigenvalue weighted by Gasteiger charge is 2.18. The van der Waals surface area contributed by atoms with E-state index in [2.05, 4.69) is 31.5 Å². The maximum atomic E-state index is 12.6. The summed E-state index contributed by atoms with van der Waals surface area (Å²) >= 11 is 15.5. The molecule has 0 saturated carbocycles. The van der Waals surface area contributed by atoms with Gasteiger partial charge in [0.05, 0.1) is 16.0 Å². The maximum absolute atomic E-state index is 12.6. The van der Waals surface area contributed by atoms with Gasteiger partial charge in [-0.15, -0.1) is 0 Å². The molecule has 30 heavy (non-hydrogen) atoms. The van der Waals surface area contributed by atoms with Gasteiger partial charge in [-0.1, -0.05) is 58.2 Å². The van der Waals surface area contributed by atoms with Gasteiger partial charge in [-0.3, -0.25) is 9.48 Å². The molecule has 0 saturated heterocycles. The van der Waals surface area contributed by atoms with Crippen LogP contribution in [0.25, 0.3) is 11.3 Å². The van der Waals surface area contributed by atoms with Crippen molar-refractivity contribution < 1.29 is 9.32 Å². The molecule has 0 unspecified atom stereocenters. The average Bonchev–Trinajstić information content (AvgIpc) is 3.31. The summed E-state index contributed by atoms with van der Waals surface area (Å²) in [6, 6.07) is 14.7. The highest BCUT2D eigenvalue weighted by Crippen LogP contribution is 2.31. The van der Waals surface area contributed by atoms with Gasteiger partial charge in [-0.05, 0) is 46.6 Å². The Kier molecular flexibility index (Phi) is 5.94. The van der Waals surface area contributed by atoms with E-state index in [-0.39, 0.29) is 5.69 Å². The van der Waals surface area contributed by atoms with Crippen LogP contribution in [0.15, 0.2) is 63.7 Å². The van der Waals surface area contributed by atoms with Gasteiger partial charge in [0.2, 0.25) is 0 Å². The predicted molar refractivity (Wildman–Crippen MR) is 120 cm³/mol. The topological polar surface area (TPSA) is 73.0 Å². The van der Waals surface area contributed by atoms with E-state index in [4.69, 9.17) is 27.7 Å². The van der Waals surface area contributed by atoms with E-state index in [1.807, 2.05) is 31.2 Å². The van der Waals surface area contributed by atoms with Crippen LogP contribution in [0, 0.1) is 6.92 Å². The molecule has 1 amide bonds. The monoisotopic (exact) mass is 504 g/mol. The molecular weight excluding hydrogens is 491 g/mol. The van der Waals surface area contributed by atoms with Crippen LogP contribution in [0.3, 0.4) is 0 Å². The summed E-state index contributed by atoms with van der Waals surface area (Å²) < 4.78 is 7.68. The van der Waals surface area contributed by atoms with E-state index in [0.717, 1.165) is 5.56 Å². The summed E-state index contributed by atoms with van der Waals surface area (Å²) in [5, 5.41) is 11.9. The van der Waals surface area contributed by atoms with E-state index in [0.29, 0.717) is 38.2 Å². The Labute approximate surface area is 190 Å². The number of aryl methyl sites for hydroxylation is 1. The van der Waals surface area contributed by atoms with Crippen molar-refractivity contribution in [1.29, 1.82) is 0 Å². The lowest BCUT2D eigenvalue weighted by Crippen LogP contribution is -2.13. The lowest BCUT2D eigenvalue weighted by molar-refractivity contribution is 0.101. The van der Waals surface area contributed by atoms with E-state index in [1.165, 1.54) is 11.6 Å². The molecule has 0 aliphatic carbocycles. The van der Waals surface area contributed by atoms with Crippen LogP contribution in [0.4, 0.5) is 5.82 Å². The zero-order chi connectivity index (χ0) is 21.3. The summed E-state index contributed by atoms with van der Waals surface area (Å²) in [6.07, 6.45) is 1.80. The average molecular weight is 506 g/mol. The fraction of sp³-hybridized carbons (Fsp3) is 0.0952. The standard InChI is InChI=1S/C21H15BrCl2N4O2/c1-12-2-4-13(5-3-12)10-28-11-16(22)20(26-28)25-21(29)18-9-19(30-27-18)15-7-6-14(23)8-17(15)24/h2-9,11H,10H2,1H3,(H,25,26,29). The van der Waals surface area contributed by atoms with E-state index < -0.39 is 5.91 Å². The second kappa shape index (κ2) is 8.63. The molecular formula is C21H15BrCl2N4O2. The first kappa shape index (κ1) is 20.7. The van der Waals surface area contributed by atoms with E-state index >= 15 is 0 Å². The molecule has 0 spiro atoms. The summed E-state index contributed by atoms with van der Waals surface area (Å²) in [5.74, 6) is 0.309. The van der Waals surface area contributed by atoms with Gasteiger partial charge in [0, 0.05) is 22.8 Å². The number of amides is 1. The van der Waals surface area contributed by atoms with Crippen LogP contribution in [-0.4, -0.2) is 20.8 Å². The van der Waals surface area contributed by atoms with Gasteiger partial charge >= 0.3 is 0 Å². The fourth-order valence-corrected chi connectivity index (χ4v) is 3.73. The highest BCUT2D eigenvalue weighted by molar-refractivity contribution is 9.10. The SMILES string of the molecule is Cc1ccc(Cn2cc(Br)c(NC(=O)c3cc(-c4ccc(Cl)cc4Cl)on3)n2)cc1. The van der Waals surface area contributed by atoms with Crippen LogP contribution in [0.1, 0.15) is 21.6 Å². The van der Waals surface area contributed by atoms with Crippen LogP contribution >= 0.6 is 39.1 Å². The normalized spacial score (nSPS) is 10.9. The molecule has 2 heterocycles. The number of nitrogens with one attached hydrogen (secondary N) is 1. The molecule has 0 atom stereocenters. The smallest absolute Gasteiger partial charge is 0.279 e. The number of benzene rings is 2. The quantitative estimate of drug-likeness (QED) is 0.349. The maximum Gasteiger partial charge on any atom is 0.279 e. The molecule has 0 aliphatic heterocycles. The predicted octanol–water partition coefficient (Wildman–Crippen LogP) is 6.22. The number of rotatable bonds is 5. The van der Waals surface area contributed by atoms with Crippen molar-refractivity contribution in [3.63, 3.8) is 0 Å². The molecule has 6 nitrogen and oxygen atoms in total. The molecule has 9 heteroatoms. The van der Waals surface area contributed by atoms with Crippen molar-refractivity contribution in [3.8, 4) is 11.3 Å². The van der Waals surface area contributed by atoms with Crippen molar-refractivity contribution in [2.24, 2.45) is 0 Å². The van der Waals surface area contributed by atoms with Crippen LogP contribution in [0.2, 0.25) is 10.0 Å². The summed E-state index contributed by atoms with van der Waals surface area (Å²) in [5.41, 5.74) is 3.00. The Morgan fingerprint density at radius 3 is 2.67 bits per heavy atom.